The van der Waals surface area contributed by atoms with Gasteiger partial charge in [0.15, 0.2) is 0 Å². The first-order chi connectivity index (χ1) is 8.54. The van der Waals surface area contributed by atoms with E-state index in [1.807, 2.05) is 6.07 Å². The van der Waals surface area contributed by atoms with Crippen LogP contribution in [0.3, 0.4) is 0 Å². The molecule has 0 aromatic heterocycles. The monoisotopic (exact) mass is 248 g/mol. The van der Waals surface area contributed by atoms with E-state index in [1.54, 1.807) is 7.11 Å². The quantitative estimate of drug-likeness (QED) is 0.889. The summed E-state index contributed by atoms with van der Waals surface area (Å²) in [7, 11) is 1.72. The summed E-state index contributed by atoms with van der Waals surface area (Å²) in [5.74, 6) is 0.937. The van der Waals surface area contributed by atoms with Crippen molar-refractivity contribution in [2.45, 2.75) is 32.4 Å². The SMILES string of the molecule is COc1cccc(C(C)N2CCNCC2(C)C)c1. The minimum Gasteiger partial charge on any atom is -0.497 e. The lowest BCUT2D eigenvalue weighted by atomic mass is 9.95. The van der Waals surface area contributed by atoms with Gasteiger partial charge in [-0.15, -0.1) is 0 Å². The lowest BCUT2D eigenvalue weighted by Crippen LogP contribution is -2.58. The fourth-order valence-electron chi connectivity index (χ4n) is 2.80. The fourth-order valence-corrected chi connectivity index (χ4v) is 2.80. The Kier molecular flexibility index (Phi) is 3.93. The van der Waals surface area contributed by atoms with Gasteiger partial charge >= 0.3 is 0 Å². The number of ether oxygens (including phenoxy) is 1. The third-order valence-corrected chi connectivity index (χ3v) is 3.91. The molecule has 0 aliphatic carbocycles. The van der Waals surface area contributed by atoms with E-state index in [2.05, 4.69) is 49.2 Å². The van der Waals surface area contributed by atoms with E-state index in [4.69, 9.17) is 4.74 Å². The first kappa shape index (κ1) is 13.4. The average molecular weight is 248 g/mol. The minimum atomic E-state index is 0.195. The van der Waals surface area contributed by atoms with E-state index in [0.717, 1.165) is 25.4 Å². The maximum atomic E-state index is 5.31. The second-order valence-electron chi connectivity index (χ2n) is 5.64. The Morgan fingerprint density at radius 3 is 2.83 bits per heavy atom. The van der Waals surface area contributed by atoms with E-state index < -0.39 is 0 Å². The third kappa shape index (κ3) is 2.68. The third-order valence-electron chi connectivity index (χ3n) is 3.91. The topological polar surface area (TPSA) is 24.5 Å². The molecule has 1 atom stereocenters. The van der Waals surface area contributed by atoms with Crippen molar-refractivity contribution < 1.29 is 4.74 Å². The molecule has 1 N–H and O–H groups in total. The van der Waals surface area contributed by atoms with Crippen LogP contribution in [0.5, 0.6) is 5.75 Å². The summed E-state index contributed by atoms with van der Waals surface area (Å²) < 4.78 is 5.31. The summed E-state index contributed by atoms with van der Waals surface area (Å²) in [6.07, 6.45) is 0. The van der Waals surface area contributed by atoms with Crippen molar-refractivity contribution in [1.29, 1.82) is 0 Å². The number of hydrogen-bond donors (Lipinski definition) is 1. The highest BCUT2D eigenvalue weighted by atomic mass is 16.5. The van der Waals surface area contributed by atoms with Crippen LogP contribution in [0.2, 0.25) is 0 Å². The lowest BCUT2D eigenvalue weighted by molar-refractivity contribution is 0.0516. The van der Waals surface area contributed by atoms with Gasteiger partial charge in [0.25, 0.3) is 0 Å². The van der Waals surface area contributed by atoms with Crippen LogP contribution in [0.4, 0.5) is 0 Å². The summed E-state index contributed by atoms with van der Waals surface area (Å²) in [5, 5.41) is 3.47. The largest absolute Gasteiger partial charge is 0.497 e. The van der Waals surface area contributed by atoms with Gasteiger partial charge in [-0.3, -0.25) is 4.90 Å². The van der Waals surface area contributed by atoms with Crippen LogP contribution in [0.15, 0.2) is 24.3 Å². The van der Waals surface area contributed by atoms with Gasteiger partial charge < -0.3 is 10.1 Å². The maximum Gasteiger partial charge on any atom is 0.119 e. The van der Waals surface area contributed by atoms with E-state index >= 15 is 0 Å². The normalized spacial score (nSPS) is 21.6. The minimum absolute atomic E-state index is 0.195. The Balaban J connectivity index is 2.21. The van der Waals surface area contributed by atoms with Crippen LogP contribution in [-0.2, 0) is 0 Å². The molecule has 1 aromatic carbocycles. The van der Waals surface area contributed by atoms with Crippen molar-refractivity contribution >= 4 is 0 Å². The molecular weight excluding hydrogens is 224 g/mol. The van der Waals surface area contributed by atoms with Crippen molar-refractivity contribution in [3.63, 3.8) is 0 Å². The molecule has 0 spiro atoms. The Hall–Kier alpha value is -1.06. The van der Waals surface area contributed by atoms with Crippen molar-refractivity contribution in [2.24, 2.45) is 0 Å². The Bertz CT molecular complexity index is 403. The van der Waals surface area contributed by atoms with Gasteiger partial charge in [-0.2, -0.15) is 0 Å². The second kappa shape index (κ2) is 5.29. The van der Waals surface area contributed by atoms with Crippen molar-refractivity contribution in [2.75, 3.05) is 26.7 Å². The molecule has 0 bridgehead atoms. The molecule has 1 heterocycles. The molecule has 0 amide bonds. The van der Waals surface area contributed by atoms with Gasteiger partial charge in [0.05, 0.1) is 7.11 Å². The number of piperazine rings is 1. The molecule has 1 fully saturated rings. The molecule has 2 rings (SSSR count). The molecule has 1 aliphatic rings. The maximum absolute atomic E-state index is 5.31. The van der Waals surface area contributed by atoms with Gasteiger partial charge in [0, 0.05) is 31.2 Å². The van der Waals surface area contributed by atoms with Crippen LogP contribution >= 0.6 is 0 Å². The molecule has 0 saturated carbocycles. The van der Waals surface area contributed by atoms with E-state index in [0.29, 0.717) is 6.04 Å². The highest BCUT2D eigenvalue weighted by Gasteiger charge is 2.33. The van der Waals surface area contributed by atoms with E-state index in [-0.39, 0.29) is 5.54 Å². The van der Waals surface area contributed by atoms with Crippen molar-refractivity contribution in [1.82, 2.24) is 10.2 Å². The average Bonchev–Trinajstić information content (AvgIpc) is 2.37. The van der Waals surface area contributed by atoms with Crippen LogP contribution in [0.25, 0.3) is 0 Å². The van der Waals surface area contributed by atoms with Crippen molar-refractivity contribution in [3.8, 4) is 5.75 Å². The molecule has 0 radical (unpaired) electrons. The first-order valence-electron chi connectivity index (χ1n) is 6.66. The molecular formula is C15H24N2O. The van der Waals surface area contributed by atoms with Crippen LogP contribution in [0, 0.1) is 0 Å². The smallest absolute Gasteiger partial charge is 0.119 e. The Morgan fingerprint density at radius 2 is 2.17 bits per heavy atom. The molecule has 3 heteroatoms. The van der Waals surface area contributed by atoms with Gasteiger partial charge in [-0.25, -0.2) is 0 Å². The van der Waals surface area contributed by atoms with Gasteiger partial charge in [0.2, 0.25) is 0 Å². The zero-order valence-corrected chi connectivity index (χ0v) is 11.9. The molecule has 1 aliphatic heterocycles. The van der Waals surface area contributed by atoms with Gasteiger partial charge in [-0.05, 0) is 38.5 Å². The predicted molar refractivity (Wildman–Crippen MR) is 75.1 cm³/mol. The number of nitrogens with one attached hydrogen (secondary N) is 1. The fraction of sp³-hybridized carbons (Fsp3) is 0.600. The standard InChI is InChI=1S/C15H24N2O/c1-12(13-6-5-7-14(10-13)18-4)17-9-8-16-11-15(17,2)3/h5-7,10,12,16H,8-9,11H2,1-4H3. The van der Waals surface area contributed by atoms with E-state index in [9.17, 15) is 0 Å². The molecule has 1 aromatic rings. The number of nitrogens with zero attached hydrogens (tertiary/aromatic N) is 1. The number of benzene rings is 1. The summed E-state index contributed by atoms with van der Waals surface area (Å²) >= 11 is 0. The zero-order valence-electron chi connectivity index (χ0n) is 11.9. The van der Waals surface area contributed by atoms with Crippen molar-refractivity contribution in [3.05, 3.63) is 29.8 Å². The van der Waals surface area contributed by atoms with Gasteiger partial charge in [-0.1, -0.05) is 12.1 Å². The number of methoxy groups -OCH3 is 1. The van der Waals surface area contributed by atoms with E-state index in [1.165, 1.54) is 5.56 Å². The summed E-state index contributed by atoms with van der Waals surface area (Å²) in [6, 6.07) is 8.81. The van der Waals surface area contributed by atoms with Crippen LogP contribution in [-0.4, -0.2) is 37.2 Å². The first-order valence-corrected chi connectivity index (χ1v) is 6.66. The molecule has 1 unspecified atom stereocenters. The molecule has 1 saturated heterocycles. The molecule has 3 nitrogen and oxygen atoms in total. The zero-order chi connectivity index (χ0) is 13.2. The number of hydrogen-bond acceptors (Lipinski definition) is 3. The molecule has 100 valence electrons. The highest BCUT2D eigenvalue weighted by Crippen LogP contribution is 2.30. The predicted octanol–water partition coefficient (Wildman–Crippen LogP) is 2.44. The summed E-state index contributed by atoms with van der Waals surface area (Å²) in [5.41, 5.74) is 1.52. The second-order valence-corrected chi connectivity index (χ2v) is 5.64. The Morgan fingerprint density at radius 1 is 1.39 bits per heavy atom. The molecule has 18 heavy (non-hydrogen) atoms. The van der Waals surface area contributed by atoms with Crippen LogP contribution in [0.1, 0.15) is 32.4 Å². The number of rotatable bonds is 3. The lowest BCUT2D eigenvalue weighted by Gasteiger charge is -2.46. The summed E-state index contributed by atoms with van der Waals surface area (Å²) in [6.45, 7) is 10.1. The summed E-state index contributed by atoms with van der Waals surface area (Å²) in [4.78, 5) is 2.57. The Labute approximate surface area is 110 Å². The highest BCUT2D eigenvalue weighted by molar-refractivity contribution is 5.30. The van der Waals surface area contributed by atoms with Crippen LogP contribution < -0.4 is 10.1 Å². The van der Waals surface area contributed by atoms with Gasteiger partial charge in [0.1, 0.15) is 5.75 Å².